The van der Waals surface area contributed by atoms with Gasteiger partial charge in [0.2, 0.25) is 0 Å². The minimum absolute atomic E-state index is 0.0205. The van der Waals surface area contributed by atoms with Gasteiger partial charge in [-0.05, 0) is 48.5 Å². The van der Waals surface area contributed by atoms with Gasteiger partial charge in [-0.15, -0.1) is 0 Å². The van der Waals surface area contributed by atoms with Gasteiger partial charge in [0.15, 0.2) is 11.5 Å². The van der Waals surface area contributed by atoms with Gasteiger partial charge in [-0.3, -0.25) is 14.5 Å². The first-order valence-corrected chi connectivity index (χ1v) is 10.1. The number of carbonyl (C=O) groups is 3. The third-order valence-corrected chi connectivity index (χ3v) is 5.46. The predicted molar refractivity (Wildman–Crippen MR) is 113 cm³/mol. The highest BCUT2D eigenvalue weighted by atomic mass is 32.2. The number of ether oxygens (including phenoxy) is 3. The topological polar surface area (TPSA) is 82.1 Å². The first-order valence-electron chi connectivity index (χ1n) is 9.24. The Morgan fingerprint density at radius 1 is 1.16 bits per heavy atom. The van der Waals surface area contributed by atoms with Crippen LogP contribution in [0.25, 0.3) is 6.08 Å². The lowest BCUT2D eigenvalue weighted by atomic mass is 10.1. The maximum Gasteiger partial charge on any atom is 0.328 e. The van der Waals surface area contributed by atoms with Crippen molar-refractivity contribution in [2.45, 2.75) is 19.6 Å². The number of carbonyl (C=O) groups excluding carboxylic acids is 3. The second-order valence-electron chi connectivity index (χ2n) is 6.54. The lowest BCUT2D eigenvalue weighted by Crippen LogP contribution is -2.42. The Morgan fingerprint density at radius 2 is 1.90 bits per heavy atom. The molecular weight excluding hydrogens is 425 g/mol. The molecule has 1 heterocycles. The fourth-order valence-corrected chi connectivity index (χ4v) is 3.81. The fraction of sp³-hybridized carbons (Fsp3) is 0.227. The van der Waals surface area contributed by atoms with Crippen molar-refractivity contribution in [2.75, 3.05) is 14.2 Å². The number of nitrogens with zero attached hydrogens (tertiary/aromatic N) is 1. The summed E-state index contributed by atoms with van der Waals surface area (Å²) >= 11 is 0.737. The predicted octanol–water partition coefficient (Wildman–Crippen LogP) is 4.01. The van der Waals surface area contributed by atoms with Crippen LogP contribution in [-0.2, 0) is 20.9 Å². The molecule has 7 nitrogen and oxygen atoms in total. The Morgan fingerprint density at radius 3 is 2.58 bits per heavy atom. The summed E-state index contributed by atoms with van der Waals surface area (Å²) in [5, 5.41) is -0.550. The van der Waals surface area contributed by atoms with Crippen LogP contribution in [0.5, 0.6) is 11.5 Å². The molecule has 0 bridgehead atoms. The third kappa shape index (κ3) is 4.88. The lowest BCUT2D eigenvalue weighted by Gasteiger charge is -2.18. The van der Waals surface area contributed by atoms with Gasteiger partial charge < -0.3 is 14.2 Å². The summed E-state index contributed by atoms with van der Waals surface area (Å²) in [4.78, 5) is 37.6. The van der Waals surface area contributed by atoms with Crippen LogP contribution in [0.2, 0.25) is 0 Å². The molecule has 0 N–H and O–H groups in total. The molecule has 0 unspecified atom stereocenters. The van der Waals surface area contributed by atoms with E-state index in [2.05, 4.69) is 4.74 Å². The molecule has 2 amide bonds. The Bertz CT molecular complexity index is 1050. The van der Waals surface area contributed by atoms with Gasteiger partial charge in [-0.1, -0.05) is 24.3 Å². The summed E-state index contributed by atoms with van der Waals surface area (Å²) in [6, 6.07) is 10.2. The number of halogens is 1. The quantitative estimate of drug-likeness (QED) is 0.470. The monoisotopic (exact) mass is 445 g/mol. The summed E-state index contributed by atoms with van der Waals surface area (Å²) in [5.74, 6) is -0.842. The molecule has 1 aliphatic rings. The van der Waals surface area contributed by atoms with E-state index in [0.29, 0.717) is 22.6 Å². The van der Waals surface area contributed by atoms with E-state index in [0.717, 1.165) is 16.7 Å². The number of thioether (sulfide) groups is 1. The third-order valence-electron chi connectivity index (χ3n) is 4.58. The highest BCUT2D eigenvalue weighted by Crippen LogP contribution is 2.35. The molecule has 1 atom stereocenters. The average Bonchev–Trinajstić information content (AvgIpc) is 3.05. The zero-order valence-corrected chi connectivity index (χ0v) is 17.9. The van der Waals surface area contributed by atoms with Crippen LogP contribution in [-0.4, -0.2) is 42.3 Å². The molecule has 1 fully saturated rings. The van der Waals surface area contributed by atoms with Gasteiger partial charge in [0.05, 0.1) is 19.1 Å². The van der Waals surface area contributed by atoms with E-state index < -0.39 is 23.2 Å². The van der Waals surface area contributed by atoms with Crippen LogP contribution in [0.3, 0.4) is 0 Å². The zero-order valence-electron chi connectivity index (χ0n) is 17.1. The molecule has 1 aliphatic heterocycles. The molecule has 0 saturated carbocycles. The molecule has 9 heteroatoms. The molecule has 2 aromatic rings. The molecule has 0 radical (unpaired) electrons. The largest absolute Gasteiger partial charge is 0.493 e. The maximum absolute atomic E-state index is 13.8. The highest BCUT2D eigenvalue weighted by Gasteiger charge is 2.41. The van der Waals surface area contributed by atoms with Crippen molar-refractivity contribution >= 4 is 35.0 Å². The first-order chi connectivity index (χ1) is 14.8. The molecule has 0 spiro atoms. The first kappa shape index (κ1) is 22.4. The standard InChI is InChI=1S/C22H20FNO6S/c1-13(21(26)29-3)24-20(25)19(31-22(24)27)11-14-8-9-17(18(10-14)28-2)30-12-15-6-4-5-7-16(15)23/h4-11,13H,12H2,1-3H3/b19-11+/t13-/m1/s1. The summed E-state index contributed by atoms with van der Waals surface area (Å²) in [5.41, 5.74) is 0.994. The molecular formula is C22H20FNO6S. The van der Waals surface area contributed by atoms with Crippen LogP contribution in [0, 0.1) is 5.82 Å². The van der Waals surface area contributed by atoms with Gasteiger partial charge in [-0.2, -0.15) is 0 Å². The Hall–Kier alpha value is -3.33. The van der Waals surface area contributed by atoms with Crippen molar-refractivity contribution < 1.29 is 33.0 Å². The van der Waals surface area contributed by atoms with Crippen molar-refractivity contribution in [1.29, 1.82) is 0 Å². The number of esters is 1. The van der Waals surface area contributed by atoms with Gasteiger partial charge in [0.1, 0.15) is 18.5 Å². The van der Waals surface area contributed by atoms with E-state index in [9.17, 15) is 18.8 Å². The number of methoxy groups -OCH3 is 2. The molecule has 162 valence electrons. The van der Waals surface area contributed by atoms with Gasteiger partial charge in [0.25, 0.3) is 11.1 Å². The van der Waals surface area contributed by atoms with E-state index in [-0.39, 0.29) is 17.3 Å². The molecule has 0 aliphatic carbocycles. The number of amides is 2. The van der Waals surface area contributed by atoms with E-state index >= 15 is 0 Å². The second-order valence-corrected chi connectivity index (χ2v) is 7.53. The number of hydrogen-bond acceptors (Lipinski definition) is 7. The summed E-state index contributed by atoms with van der Waals surface area (Å²) < 4.78 is 29.4. The Labute approximate surface area is 182 Å². The molecule has 1 saturated heterocycles. The van der Waals surface area contributed by atoms with Crippen LogP contribution in [0.4, 0.5) is 9.18 Å². The molecule has 31 heavy (non-hydrogen) atoms. The van der Waals surface area contributed by atoms with Crippen LogP contribution in [0.1, 0.15) is 18.1 Å². The van der Waals surface area contributed by atoms with Crippen molar-refractivity contribution in [2.24, 2.45) is 0 Å². The molecule has 3 rings (SSSR count). The molecule has 2 aromatic carbocycles. The number of benzene rings is 2. The smallest absolute Gasteiger partial charge is 0.328 e. The maximum atomic E-state index is 13.8. The van der Waals surface area contributed by atoms with Gasteiger partial charge in [0, 0.05) is 5.56 Å². The Kier molecular flexibility index (Phi) is 6.96. The van der Waals surface area contributed by atoms with Crippen LogP contribution < -0.4 is 9.47 Å². The minimum Gasteiger partial charge on any atom is -0.493 e. The SMILES string of the molecule is COC(=O)[C@@H](C)N1C(=O)S/C(=C/c2ccc(OCc3ccccc3F)c(OC)c2)C1=O. The summed E-state index contributed by atoms with van der Waals surface area (Å²) in [7, 11) is 2.65. The van der Waals surface area contributed by atoms with Crippen molar-refractivity contribution in [3.05, 3.63) is 64.3 Å². The average molecular weight is 445 g/mol. The van der Waals surface area contributed by atoms with Crippen molar-refractivity contribution in [1.82, 2.24) is 4.90 Å². The number of imide groups is 1. The summed E-state index contributed by atoms with van der Waals surface area (Å²) in [6.07, 6.45) is 1.53. The van der Waals surface area contributed by atoms with E-state index in [1.807, 2.05) is 0 Å². The van der Waals surface area contributed by atoms with E-state index in [1.165, 1.54) is 33.3 Å². The highest BCUT2D eigenvalue weighted by molar-refractivity contribution is 8.18. The summed E-state index contributed by atoms with van der Waals surface area (Å²) in [6.45, 7) is 1.45. The fourth-order valence-electron chi connectivity index (χ4n) is 2.91. The van der Waals surface area contributed by atoms with Crippen molar-refractivity contribution in [3.63, 3.8) is 0 Å². The molecule has 0 aromatic heterocycles. The normalized spacial score (nSPS) is 15.9. The minimum atomic E-state index is -1.02. The van der Waals surface area contributed by atoms with Crippen LogP contribution >= 0.6 is 11.8 Å². The zero-order chi connectivity index (χ0) is 22.5. The van der Waals surface area contributed by atoms with E-state index in [4.69, 9.17) is 9.47 Å². The van der Waals surface area contributed by atoms with Gasteiger partial charge >= 0.3 is 5.97 Å². The van der Waals surface area contributed by atoms with Crippen LogP contribution in [0.15, 0.2) is 47.4 Å². The number of rotatable bonds is 7. The van der Waals surface area contributed by atoms with Gasteiger partial charge in [-0.25, -0.2) is 9.18 Å². The second kappa shape index (κ2) is 9.65. The lowest BCUT2D eigenvalue weighted by molar-refractivity contribution is -0.148. The Balaban J connectivity index is 1.78. The number of hydrogen-bond donors (Lipinski definition) is 0. The van der Waals surface area contributed by atoms with Crippen molar-refractivity contribution in [3.8, 4) is 11.5 Å². The van der Waals surface area contributed by atoms with E-state index in [1.54, 1.807) is 36.4 Å².